The van der Waals surface area contributed by atoms with Crippen LogP contribution in [0, 0.1) is 0 Å². The average Bonchev–Trinajstić information content (AvgIpc) is 3.40. The Kier molecular flexibility index (Phi) is 9.36. The molecular formula is C28H28F6N4O6S. The third-order valence-corrected chi connectivity index (χ3v) is 8.04. The van der Waals surface area contributed by atoms with E-state index in [2.05, 4.69) is 15.2 Å². The maximum atomic E-state index is 14.9. The van der Waals surface area contributed by atoms with Crippen LogP contribution in [-0.2, 0) is 37.7 Å². The van der Waals surface area contributed by atoms with Gasteiger partial charge in [0.25, 0.3) is 11.8 Å². The molecule has 1 atom stereocenters. The second kappa shape index (κ2) is 12.4. The fourth-order valence-corrected chi connectivity index (χ4v) is 5.68. The number of nitrogens with zero attached hydrogens (tertiary/aromatic N) is 3. The highest BCUT2D eigenvalue weighted by Gasteiger charge is 2.61. The van der Waals surface area contributed by atoms with Crippen LogP contribution in [0.25, 0.3) is 11.6 Å². The van der Waals surface area contributed by atoms with Gasteiger partial charge in [0.1, 0.15) is 5.60 Å². The van der Waals surface area contributed by atoms with Crippen LogP contribution in [-0.4, -0.2) is 47.2 Å². The molecule has 10 nitrogen and oxygen atoms in total. The quantitative estimate of drug-likeness (QED) is 0.232. The van der Waals surface area contributed by atoms with Crippen LogP contribution in [0.1, 0.15) is 57.1 Å². The Morgan fingerprint density at radius 1 is 1.02 bits per heavy atom. The number of hydrogen-bond acceptors (Lipinski definition) is 9. The lowest BCUT2D eigenvalue weighted by atomic mass is 9.95. The van der Waals surface area contributed by atoms with Gasteiger partial charge < -0.3 is 13.9 Å². The standard InChI is InChI=1S/C28H28F6N4O6S/c1-25(2,3)44-24(39)35-19-15-18(27(29,30)31)22-36-20(19)21-37-38-23(43-21)26(28(32,33)34,42-16-17-11-7-6-8-12-17)13-9-4-5-10-14-45(22,40)41/h4-8,11-12,15H,9-10,13-14,16H2,1-3H3,(H,35,39)/b5-4-. The predicted molar refractivity (Wildman–Crippen MR) is 146 cm³/mol. The molecule has 1 amide bonds. The van der Waals surface area contributed by atoms with Crippen molar-refractivity contribution in [3.63, 3.8) is 0 Å². The molecule has 0 saturated heterocycles. The number of nitrogens with one attached hydrogen (secondary N) is 1. The number of benzene rings is 1. The zero-order valence-corrected chi connectivity index (χ0v) is 24.9. The number of fused-ring (bicyclic) bond motifs is 5. The molecule has 1 aliphatic rings. The van der Waals surface area contributed by atoms with Crippen LogP contribution in [0.5, 0.6) is 0 Å². The Hall–Kier alpha value is -3.99. The number of pyridine rings is 1. The van der Waals surface area contributed by atoms with Gasteiger partial charge in [0.2, 0.25) is 5.60 Å². The van der Waals surface area contributed by atoms with Crippen LogP contribution in [0.4, 0.5) is 36.8 Å². The number of halogens is 6. The molecular weight excluding hydrogens is 634 g/mol. The van der Waals surface area contributed by atoms with E-state index in [1.165, 1.54) is 45.1 Å². The van der Waals surface area contributed by atoms with Crippen molar-refractivity contribution in [2.24, 2.45) is 0 Å². The number of carbonyl (C=O) groups is 1. The van der Waals surface area contributed by atoms with Crippen LogP contribution < -0.4 is 5.32 Å². The fraction of sp³-hybridized carbons (Fsp3) is 0.429. The van der Waals surface area contributed by atoms with Gasteiger partial charge in [-0.15, -0.1) is 10.2 Å². The molecule has 1 aliphatic heterocycles. The molecule has 0 saturated carbocycles. The van der Waals surface area contributed by atoms with E-state index in [4.69, 9.17) is 13.9 Å². The van der Waals surface area contributed by atoms with Crippen molar-refractivity contribution in [2.45, 2.75) is 75.2 Å². The van der Waals surface area contributed by atoms with Crippen LogP contribution >= 0.6 is 0 Å². The summed E-state index contributed by atoms with van der Waals surface area (Å²) >= 11 is 0. The van der Waals surface area contributed by atoms with Gasteiger partial charge in [-0.3, -0.25) is 5.32 Å². The number of amides is 1. The van der Waals surface area contributed by atoms with Crippen molar-refractivity contribution in [3.8, 4) is 11.6 Å². The van der Waals surface area contributed by atoms with Gasteiger partial charge in [-0.2, -0.15) is 26.3 Å². The summed E-state index contributed by atoms with van der Waals surface area (Å²) in [6.45, 7) is 3.88. The molecule has 1 aromatic carbocycles. The maximum Gasteiger partial charge on any atom is 0.426 e. The highest BCUT2D eigenvalue weighted by molar-refractivity contribution is 7.91. The van der Waals surface area contributed by atoms with Crippen molar-refractivity contribution in [1.82, 2.24) is 15.2 Å². The molecule has 244 valence electrons. The van der Waals surface area contributed by atoms with Crippen LogP contribution in [0.2, 0.25) is 0 Å². The number of alkyl halides is 6. The normalized spacial score (nSPS) is 19.8. The minimum absolute atomic E-state index is 0.271. The molecule has 3 aromatic rings. The van der Waals surface area contributed by atoms with Gasteiger partial charge in [-0.05, 0) is 51.7 Å². The minimum atomic E-state index is -5.28. The Labute approximate surface area is 253 Å². The summed E-state index contributed by atoms with van der Waals surface area (Å²) in [4.78, 5) is 16.2. The van der Waals surface area contributed by atoms with E-state index in [1.807, 2.05) is 5.32 Å². The highest BCUT2D eigenvalue weighted by atomic mass is 32.2. The Balaban J connectivity index is 1.96. The molecule has 4 rings (SSSR count). The first-order valence-corrected chi connectivity index (χ1v) is 15.1. The third kappa shape index (κ3) is 7.81. The zero-order valence-electron chi connectivity index (χ0n) is 24.1. The fourth-order valence-electron chi connectivity index (χ4n) is 4.30. The predicted octanol–water partition coefficient (Wildman–Crippen LogP) is 6.99. The van der Waals surface area contributed by atoms with E-state index in [0.29, 0.717) is 5.56 Å². The van der Waals surface area contributed by atoms with Gasteiger partial charge in [0.05, 0.1) is 23.6 Å². The summed E-state index contributed by atoms with van der Waals surface area (Å²) in [5.41, 5.74) is -7.29. The molecule has 2 aromatic heterocycles. The second-order valence-corrected chi connectivity index (χ2v) is 13.0. The summed E-state index contributed by atoms with van der Waals surface area (Å²) in [7, 11) is -4.74. The topological polar surface area (TPSA) is 134 Å². The Morgan fingerprint density at radius 2 is 1.69 bits per heavy atom. The number of anilines is 1. The van der Waals surface area contributed by atoms with Gasteiger partial charge >= 0.3 is 18.4 Å². The van der Waals surface area contributed by atoms with Gasteiger partial charge in [-0.1, -0.05) is 42.5 Å². The SMILES string of the molecule is CC(C)(C)OC(=O)Nc1cc(C(F)(F)F)c2nc1-c1nnc(o1)C(OCc1ccccc1)(C(F)(F)F)CC/C=C\CCS2(=O)=O. The maximum absolute atomic E-state index is 14.9. The molecule has 0 spiro atoms. The molecule has 0 aliphatic carbocycles. The monoisotopic (exact) mass is 662 g/mol. The van der Waals surface area contributed by atoms with Crippen molar-refractivity contribution < 1.29 is 53.4 Å². The zero-order chi connectivity index (χ0) is 33.3. The molecule has 4 bridgehead atoms. The number of hydrogen-bond donors (Lipinski definition) is 1. The first-order chi connectivity index (χ1) is 20.8. The van der Waals surface area contributed by atoms with Crippen molar-refractivity contribution in [3.05, 3.63) is 65.6 Å². The van der Waals surface area contributed by atoms with E-state index in [-0.39, 0.29) is 18.9 Å². The molecule has 1 N–H and O–H groups in total. The summed E-state index contributed by atoms with van der Waals surface area (Å²) in [6.07, 6.45) is -10.6. The van der Waals surface area contributed by atoms with Crippen molar-refractivity contribution in [1.29, 1.82) is 0 Å². The number of carbonyl (C=O) groups excluding carboxylic acids is 1. The van der Waals surface area contributed by atoms with E-state index in [9.17, 15) is 39.6 Å². The second-order valence-electron chi connectivity index (χ2n) is 11.0. The number of allylic oxidation sites excluding steroid dienone is 2. The Bertz CT molecular complexity index is 1670. The smallest absolute Gasteiger partial charge is 0.426 e. The van der Waals surface area contributed by atoms with Crippen LogP contribution in [0.15, 0.2) is 58.0 Å². The molecule has 45 heavy (non-hydrogen) atoms. The molecule has 1 unspecified atom stereocenters. The third-order valence-electron chi connectivity index (χ3n) is 6.37. The minimum Gasteiger partial charge on any atom is -0.444 e. The Morgan fingerprint density at radius 3 is 2.31 bits per heavy atom. The van der Waals surface area contributed by atoms with Crippen LogP contribution in [0.3, 0.4) is 0 Å². The molecule has 0 fully saturated rings. The number of ether oxygens (including phenoxy) is 2. The molecule has 3 heterocycles. The van der Waals surface area contributed by atoms with Gasteiger partial charge in [-0.25, -0.2) is 18.2 Å². The van der Waals surface area contributed by atoms with Gasteiger partial charge in [0, 0.05) is 0 Å². The first kappa shape index (κ1) is 33.9. The van der Waals surface area contributed by atoms with E-state index in [1.54, 1.807) is 18.2 Å². The molecule has 0 radical (unpaired) electrons. The van der Waals surface area contributed by atoms with Crippen molar-refractivity contribution in [2.75, 3.05) is 11.1 Å². The summed E-state index contributed by atoms with van der Waals surface area (Å²) in [5.74, 6) is -2.88. The summed E-state index contributed by atoms with van der Waals surface area (Å²) < 4.78 is 129. The molecule has 17 heteroatoms. The number of aromatic nitrogens is 3. The number of sulfone groups is 1. The summed E-state index contributed by atoms with van der Waals surface area (Å²) in [5, 5.41) is 7.72. The first-order valence-electron chi connectivity index (χ1n) is 13.4. The lowest BCUT2D eigenvalue weighted by Crippen LogP contribution is -2.45. The number of rotatable bonds is 4. The summed E-state index contributed by atoms with van der Waals surface area (Å²) in [6, 6.07) is 8.20. The van der Waals surface area contributed by atoms with Crippen molar-refractivity contribution >= 4 is 21.6 Å². The van der Waals surface area contributed by atoms with E-state index < -0.39 is 92.0 Å². The average molecular weight is 663 g/mol. The lowest BCUT2D eigenvalue weighted by Gasteiger charge is -2.32. The lowest BCUT2D eigenvalue weighted by molar-refractivity contribution is -0.299. The van der Waals surface area contributed by atoms with E-state index >= 15 is 0 Å². The van der Waals surface area contributed by atoms with Gasteiger partial charge in [0.15, 0.2) is 20.6 Å². The highest BCUT2D eigenvalue weighted by Crippen LogP contribution is 2.47. The largest absolute Gasteiger partial charge is 0.444 e. The van der Waals surface area contributed by atoms with E-state index in [0.717, 1.165) is 0 Å².